The van der Waals surface area contributed by atoms with Crippen LogP contribution in [0.4, 0.5) is 0 Å². The van der Waals surface area contributed by atoms with Gasteiger partial charge in [0.25, 0.3) is 0 Å². The lowest BCUT2D eigenvalue weighted by atomic mass is 10.0. The van der Waals surface area contributed by atoms with Crippen LogP contribution in [0.5, 0.6) is 0 Å². The molecule has 82 heavy (non-hydrogen) atoms. The number of nitrogens with zero attached hydrogens (tertiary/aromatic N) is 1. The van der Waals surface area contributed by atoms with Gasteiger partial charge in [-0.3, -0.25) is 18.6 Å². The molecule has 0 saturated carbocycles. The highest BCUT2D eigenvalue weighted by atomic mass is 31.2. The summed E-state index contributed by atoms with van der Waals surface area (Å²) in [7, 11) is 1.46. The summed E-state index contributed by atoms with van der Waals surface area (Å²) in [5.74, 6) is -0.815. The summed E-state index contributed by atoms with van der Waals surface area (Å²) >= 11 is 0. The van der Waals surface area contributed by atoms with Crippen LogP contribution in [0, 0.1) is 0 Å². The van der Waals surface area contributed by atoms with Gasteiger partial charge in [-0.25, -0.2) is 4.57 Å². The maximum atomic E-state index is 12.9. The molecule has 0 fully saturated rings. The van der Waals surface area contributed by atoms with E-state index in [4.69, 9.17) is 18.5 Å². The van der Waals surface area contributed by atoms with Gasteiger partial charge in [0.1, 0.15) is 19.8 Å². The van der Waals surface area contributed by atoms with Crippen molar-refractivity contribution in [1.82, 2.24) is 0 Å². The molecule has 0 aliphatic rings. The number of phosphoric ester groups is 1. The number of unbranched alkanes of at least 4 members (excludes halogenated alkanes) is 23. The van der Waals surface area contributed by atoms with E-state index in [0.717, 1.165) is 116 Å². The predicted molar refractivity (Wildman–Crippen MR) is 353 cm³/mol. The summed E-state index contributed by atoms with van der Waals surface area (Å²) in [6.07, 6.45) is 89.7. The maximum absolute atomic E-state index is 12.9. The molecule has 0 radical (unpaired) electrons. The van der Waals surface area contributed by atoms with E-state index in [9.17, 15) is 19.0 Å². The van der Waals surface area contributed by atoms with Crippen molar-refractivity contribution in [2.24, 2.45) is 0 Å². The van der Waals surface area contributed by atoms with Crippen molar-refractivity contribution >= 4 is 19.8 Å². The summed E-state index contributed by atoms with van der Waals surface area (Å²) in [6.45, 7) is 4.27. The van der Waals surface area contributed by atoms with E-state index in [0.29, 0.717) is 17.4 Å². The number of hydrogen-bond donors (Lipinski definition) is 1. The zero-order chi connectivity index (χ0) is 59.8. The molecule has 0 aromatic heterocycles. The van der Waals surface area contributed by atoms with Crippen LogP contribution >= 0.6 is 7.82 Å². The van der Waals surface area contributed by atoms with Gasteiger partial charge < -0.3 is 18.9 Å². The molecule has 0 aliphatic carbocycles. The van der Waals surface area contributed by atoms with Gasteiger partial charge in [-0.15, -0.1) is 0 Å². The molecule has 2 unspecified atom stereocenters. The number of quaternary nitrogens is 1. The van der Waals surface area contributed by atoms with Crippen molar-refractivity contribution < 1.29 is 42.1 Å². The second-order valence-electron chi connectivity index (χ2n) is 22.8. The van der Waals surface area contributed by atoms with Crippen LogP contribution in [0.1, 0.15) is 258 Å². The molecule has 468 valence electrons. The quantitative estimate of drug-likeness (QED) is 0.0211. The van der Waals surface area contributed by atoms with Crippen molar-refractivity contribution in [3.05, 3.63) is 134 Å². The number of rotatable bonds is 59. The molecule has 0 amide bonds. The Morgan fingerprint density at radius 1 is 0.390 bits per heavy atom. The average molecular weight is 1160 g/mol. The molecule has 0 heterocycles. The van der Waals surface area contributed by atoms with E-state index in [-0.39, 0.29) is 32.0 Å². The Bertz CT molecular complexity index is 1850. The van der Waals surface area contributed by atoms with Gasteiger partial charge in [0.05, 0.1) is 27.7 Å². The number of carbonyl (C=O) groups excluding carboxylic acids is 2. The van der Waals surface area contributed by atoms with Crippen molar-refractivity contribution in [3.63, 3.8) is 0 Å². The normalized spacial score (nSPS) is 14.1. The first-order valence-electron chi connectivity index (χ1n) is 32.9. The third-order valence-electron chi connectivity index (χ3n) is 13.7. The van der Waals surface area contributed by atoms with Crippen molar-refractivity contribution in [2.45, 2.75) is 264 Å². The zero-order valence-corrected chi connectivity index (χ0v) is 54.1. The first-order valence-corrected chi connectivity index (χ1v) is 34.4. The average Bonchev–Trinajstić information content (AvgIpc) is 3.46. The van der Waals surface area contributed by atoms with Crippen molar-refractivity contribution in [1.29, 1.82) is 0 Å². The minimum atomic E-state index is -4.40. The molecule has 2 atom stereocenters. The second-order valence-corrected chi connectivity index (χ2v) is 24.2. The fourth-order valence-corrected chi connectivity index (χ4v) is 9.37. The van der Waals surface area contributed by atoms with Crippen molar-refractivity contribution in [2.75, 3.05) is 47.5 Å². The lowest BCUT2D eigenvalue weighted by Gasteiger charge is -2.24. The highest BCUT2D eigenvalue weighted by Gasteiger charge is 2.27. The molecule has 0 rings (SSSR count). The van der Waals surface area contributed by atoms with E-state index in [1.54, 1.807) is 0 Å². The Morgan fingerprint density at radius 3 is 1.04 bits per heavy atom. The molecule has 1 N–H and O–H groups in total. The number of carbonyl (C=O) groups is 2. The molecular formula is C72H123NO8P+. The maximum Gasteiger partial charge on any atom is 0.472 e. The fraction of sp³-hybridized carbons (Fsp3) is 0.667. The highest BCUT2D eigenvalue weighted by Crippen LogP contribution is 2.43. The molecule has 0 saturated heterocycles. The van der Waals surface area contributed by atoms with E-state index in [1.807, 2.05) is 21.1 Å². The molecule has 0 bridgehead atoms. The smallest absolute Gasteiger partial charge is 0.462 e. The Kier molecular flexibility index (Phi) is 58.8. The summed E-state index contributed by atoms with van der Waals surface area (Å²) in [4.78, 5) is 35.8. The van der Waals surface area contributed by atoms with Crippen LogP contribution in [-0.2, 0) is 32.7 Å². The lowest BCUT2D eigenvalue weighted by molar-refractivity contribution is -0.870. The largest absolute Gasteiger partial charge is 0.472 e. The molecule has 0 aliphatic heterocycles. The molecular weight excluding hydrogens is 1040 g/mol. The van der Waals surface area contributed by atoms with Gasteiger partial charge in [0.2, 0.25) is 0 Å². The van der Waals surface area contributed by atoms with Gasteiger partial charge in [0, 0.05) is 12.8 Å². The van der Waals surface area contributed by atoms with Crippen LogP contribution in [-0.4, -0.2) is 74.9 Å². The van der Waals surface area contributed by atoms with E-state index < -0.39 is 26.5 Å². The van der Waals surface area contributed by atoms with Gasteiger partial charge >= 0.3 is 19.8 Å². The van der Waals surface area contributed by atoms with E-state index in [1.165, 1.54) is 109 Å². The zero-order valence-electron chi connectivity index (χ0n) is 53.2. The number of hydrogen-bond acceptors (Lipinski definition) is 7. The molecule has 9 nitrogen and oxygen atoms in total. The van der Waals surface area contributed by atoms with E-state index >= 15 is 0 Å². The first kappa shape index (κ1) is 78.1. The van der Waals surface area contributed by atoms with Gasteiger partial charge in [-0.1, -0.05) is 263 Å². The second kappa shape index (κ2) is 61.7. The Hall–Kier alpha value is -3.85. The fourth-order valence-electron chi connectivity index (χ4n) is 8.63. The number of allylic oxidation sites excluding steroid dienone is 22. The van der Waals surface area contributed by atoms with Gasteiger partial charge in [-0.2, -0.15) is 0 Å². The van der Waals surface area contributed by atoms with Crippen LogP contribution in [0.25, 0.3) is 0 Å². The van der Waals surface area contributed by atoms with Crippen LogP contribution in [0.2, 0.25) is 0 Å². The van der Waals surface area contributed by atoms with E-state index in [2.05, 4.69) is 148 Å². The van der Waals surface area contributed by atoms with Crippen LogP contribution < -0.4 is 0 Å². The summed E-state index contributed by atoms with van der Waals surface area (Å²) < 4.78 is 34.6. The van der Waals surface area contributed by atoms with Gasteiger partial charge in [0.15, 0.2) is 6.10 Å². The number of esters is 2. The third kappa shape index (κ3) is 65.3. The number of phosphoric acid groups is 1. The van der Waals surface area contributed by atoms with Crippen LogP contribution in [0.15, 0.2) is 134 Å². The topological polar surface area (TPSA) is 108 Å². The molecule has 0 spiro atoms. The first-order chi connectivity index (χ1) is 40.0. The molecule has 0 aromatic rings. The molecule has 0 aromatic carbocycles. The van der Waals surface area contributed by atoms with Crippen molar-refractivity contribution in [3.8, 4) is 0 Å². The third-order valence-corrected chi connectivity index (χ3v) is 14.6. The Labute approximate surface area is 504 Å². The van der Waals surface area contributed by atoms with Crippen LogP contribution in [0.3, 0.4) is 0 Å². The Balaban J connectivity index is 4.07. The minimum absolute atomic E-state index is 0.0239. The minimum Gasteiger partial charge on any atom is -0.462 e. The van der Waals surface area contributed by atoms with Gasteiger partial charge in [-0.05, 0) is 116 Å². The number of ether oxygens (including phenoxy) is 2. The number of likely N-dealkylation sites (N-methyl/N-ethyl adjacent to an activating group) is 1. The monoisotopic (exact) mass is 1160 g/mol. The summed E-state index contributed by atoms with van der Waals surface area (Å²) in [6, 6.07) is 0. The SMILES string of the molecule is CC/C=C\C/C=C\C/C=C\C/C=C\C/C=C\C/C=C\C/C=C\C/C=C\CCCCCCCCCCCCCCCCC(=O)OC(COC(=O)CCCCCCCC/C=C\C/C=C\C/C=C\CCCCC)COP(=O)(O)OCC[N+](C)(C)C. The predicted octanol–water partition coefficient (Wildman–Crippen LogP) is 21.3. The summed E-state index contributed by atoms with van der Waals surface area (Å²) in [5.41, 5.74) is 0. The summed E-state index contributed by atoms with van der Waals surface area (Å²) in [5, 5.41) is 0. The molecule has 10 heteroatoms. The Morgan fingerprint density at radius 2 is 0.695 bits per heavy atom. The standard InChI is InChI=1S/C72H122NO8P/c1-6-8-10-12-14-16-18-20-22-24-26-27-28-29-30-31-32-33-34-35-36-37-38-39-40-41-42-43-44-45-47-49-51-53-55-57-59-61-63-65-72(75)81-70(69-80-82(76,77)79-67-66-73(3,4)5)68-78-71(74)64-62-60-58-56-54-52-50-48-46-25-23-21-19-17-15-13-11-9-7-2/h8,10,14-17,20-23,26-27,29-30,32-33,35-36,38-39,46,48,70H,6-7,9,11-13,18-19,24-25,28,31,34,37,40-45,47,49-69H2,1-5H3/p+1/b10-8-,16-14-,17-15-,22-20-,23-21-,27-26-,30-29-,33-32-,36-35-,39-38-,48-46-. The highest BCUT2D eigenvalue weighted by molar-refractivity contribution is 7.47. The lowest BCUT2D eigenvalue weighted by Crippen LogP contribution is -2.37.